The second-order valence-electron chi connectivity index (χ2n) is 6.17. The van der Waals surface area contributed by atoms with Crippen molar-refractivity contribution in [1.29, 1.82) is 0 Å². The number of hydrogen-bond acceptors (Lipinski definition) is 4. The van der Waals surface area contributed by atoms with Crippen LogP contribution in [0.4, 0.5) is 5.69 Å². The van der Waals surface area contributed by atoms with Gasteiger partial charge in [0.2, 0.25) is 15.9 Å². The van der Waals surface area contributed by atoms with E-state index in [1.165, 1.54) is 11.6 Å². The second kappa shape index (κ2) is 7.77. The van der Waals surface area contributed by atoms with Gasteiger partial charge in [-0.15, -0.1) is 0 Å². The SMILES string of the molecule is Cc1ccccc1CN(C)CC(=O)Nc1ccc(C)c(S(N)(=O)=O)c1. The number of nitrogens with zero attached hydrogens (tertiary/aromatic N) is 1. The molecule has 25 heavy (non-hydrogen) atoms. The molecule has 1 amide bonds. The number of rotatable bonds is 6. The van der Waals surface area contributed by atoms with Crippen LogP contribution in [0.5, 0.6) is 0 Å². The van der Waals surface area contributed by atoms with E-state index in [9.17, 15) is 13.2 Å². The average Bonchev–Trinajstić information content (AvgIpc) is 2.50. The third-order valence-electron chi connectivity index (χ3n) is 3.89. The summed E-state index contributed by atoms with van der Waals surface area (Å²) in [7, 11) is -1.96. The van der Waals surface area contributed by atoms with E-state index >= 15 is 0 Å². The maximum absolute atomic E-state index is 12.2. The number of likely N-dealkylation sites (N-methyl/N-ethyl adjacent to an activating group) is 1. The smallest absolute Gasteiger partial charge is 0.238 e. The Labute approximate surface area is 148 Å². The fourth-order valence-electron chi connectivity index (χ4n) is 2.56. The second-order valence-corrected chi connectivity index (χ2v) is 7.70. The molecule has 0 aliphatic rings. The predicted octanol–water partition coefficient (Wildman–Crippen LogP) is 2.02. The largest absolute Gasteiger partial charge is 0.325 e. The molecule has 0 saturated carbocycles. The number of hydrogen-bond donors (Lipinski definition) is 2. The Bertz CT molecular complexity index is 879. The summed E-state index contributed by atoms with van der Waals surface area (Å²) < 4.78 is 23.1. The van der Waals surface area contributed by atoms with Crippen molar-refractivity contribution in [2.45, 2.75) is 25.3 Å². The normalized spacial score (nSPS) is 11.6. The fourth-order valence-corrected chi connectivity index (χ4v) is 3.37. The zero-order valence-electron chi connectivity index (χ0n) is 14.6. The molecule has 0 unspecified atom stereocenters. The molecule has 3 N–H and O–H groups in total. The minimum absolute atomic E-state index is 0.0126. The number of carbonyl (C=O) groups is 1. The molecule has 0 heterocycles. The van der Waals surface area contributed by atoms with Crippen LogP contribution in [0.25, 0.3) is 0 Å². The van der Waals surface area contributed by atoms with E-state index in [0.717, 1.165) is 5.56 Å². The number of anilines is 1. The van der Waals surface area contributed by atoms with Crippen molar-refractivity contribution in [3.8, 4) is 0 Å². The molecule has 0 fully saturated rings. The molecule has 0 spiro atoms. The fraction of sp³-hybridized carbons (Fsp3) is 0.278. The summed E-state index contributed by atoms with van der Waals surface area (Å²) in [5.41, 5.74) is 3.27. The highest BCUT2D eigenvalue weighted by Gasteiger charge is 2.14. The van der Waals surface area contributed by atoms with Gasteiger partial charge < -0.3 is 5.32 Å². The van der Waals surface area contributed by atoms with Gasteiger partial charge in [-0.25, -0.2) is 13.6 Å². The maximum atomic E-state index is 12.2. The van der Waals surface area contributed by atoms with E-state index < -0.39 is 10.0 Å². The molecule has 7 heteroatoms. The quantitative estimate of drug-likeness (QED) is 0.823. The van der Waals surface area contributed by atoms with Crippen molar-refractivity contribution in [2.75, 3.05) is 18.9 Å². The molecule has 0 aromatic heterocycles. The maximum Gasteiger partial charge on any atom is 0.238 e. The molecular weight excluding hydrogens is 338 g/mol. The molecule has 6 nitrogen and oxygen atoms in total. The lowest BCUT2D eigenvalue weighted by atomic mass is 10.1. The Balaban J connectivity index is 2.02. The van der Waals surface area contributed by atoms with Crippen molar-refractivity contribution >= 4 is 21.6 Å². The van der Waals surface area contributed by atoms with Gasteiger partial charge in [0.15, 0.2) is 0 Å². The Kier molecular flexibility index (Phi) is 5.94. The van der Waals surface area contributed by atoms with Crippen molar-refractivity contribution in [3.05, 3.63) is 59.2 Å². The summed E-state index contributed by atoms with van der Waals surface area (Å²) in [6, 6.07) is 12.7. The first-order valence-corrected chi connectivity index (χ1v) is 9.38. The van der Waals surface area contributed by atoms with Crippen LogP contribution in [0.1, 0.15) is 16.7 Å². The highest BCUT2D eigenvalue weighted by Crippen LogP contribution is 2.19. The van der Waals surface area contributed by atoms with Crippen LogP contribution in [0.15, 0.2) is 47.4 Å². The number of nitrogens with one attached hydrogen (secondary N) is 1. The van der Waals surface area contributed by atoms with Gasteiger partial charge in [0.05, 0.1) is 11.4 Å². The van der Waals surface area contributed by atoms with E-state index in [0.29, 0.717) is 17.8 Å². The summed E-state index contributed by atoms with van der Waals surface area (Å²) in [6.45, 7) is 4.52. The van der Waals surface area contributed by atoms with Gasteiger partial charge in [0, 0.05) is 12.2 Å². The first-order chi connectivity index (χ1) is 11.7. The minimum Gasteiger partial charge on any atom is -0.325 e. The van der Waals surface area contributed by atoms with Crippen LogP contribution in [0.3, 0.4) is 0 Å². The first kappa shape index (κ1) is 19.1. The van der Waals surface area contributed by atoms with Crippen LogP contribution in [0, 0.1) is 13.8 Å². The molecule has 134 valence electrons. The average molecular weight is 361 g/mol. The zero-order valence-corrected chi connectivity index (χ0v) is 15.4. The summed E-state index contributed by atoms with van der Waals surface area (Å²) >= 11 is 0. The van der Waals surface area contributed by atoms with Crippen molar-refractivity contribution in [1.82, 2.24) is 4.90 Å². The number of carbonyl (C=O) groups excluding carboxylic acids is 1. The Hall–Kier alpha value is -2.22. The topological polar surface area (TPSA) is 92.5 Å². The number of amides is 1. The summed E-state index contributed by atoms with van der Waals surface area (Å²) in [6.07, 6.45) is 0. The molecule has 0 atom stereocenters. The van der Waals surface area contributed by atoms with Crippen LogP contribution in [-0.4, -0.2) is 32.8 Å². The predicted molar refractivity (Wildman–Crippen MR) is 98.7 cm³/mol. The summed E-state index contributed by atoms with van der Waals surface area (Å²) in [5.74, 6) is -0.222. The molecule has 0 saturated heterocycles. The lowest BCUT2D eigenvalue weighted by molar-refractivity contribution is -0.117. The van der Waals surface area contributed by atoms with E-state index in [4.69, 9.17) is 5.14 Å². The molecular formula is C18H23N3O3S. The minimum atomic E-state index is -3.82. The van der Waals surface area contributed by atoms with Gasteiger partial charge in [0.25, 0.3) is 0 Å². The molecule has 0 bridgehead atoms. The Morgan fingerprint density at radius 3 is 2.44 bits per heavy atom. The molecule has 0 aliphatic carbocycles. The Morgan fingerprint density at radius 2 is 1.80 bits per heavy atom. The van der Waals surface area contributed by atoms with Gasteiger partial charge in [0.1, 0.15) is 0 Å². The summed E-state index contributed by atoms with van der Waals surface area (Å²) in [5, 5.41) is 7.90. The van der Waals surface area contributed by atoms with Gasteiger partial charge >= 0.3 is 0 Å². The number of benzene rings is 2. The van der Waals surface area contributed by atoms with Crippen LogP contribution in [0.2, 0.25) is 0 Å². The van der Waals surface area contributed by atoms with Gasteiger partial charge in [-0.05, 0) is 49.7 Å². The van der Waals surface area contributed by atoms with E-state index in [1.54, 1.807) is 19.1 Å². The third kappa shape index (κ3) is 5.38. The monoisotopic (exact) mass is 361 g/mol. The van der Waals surface area contributed by atoms with Crippen molar-refractivity contribution in [3.63, 3.8) is 0 Å². The standard InChI is InChI=1S/C18H23N3O3S/c1-13-6-4-5-7-15(13)11-21(3)12-18(22)20-16-9-8-14(2)17(10-16)25(19,23)24/h4-10H,11-12H2,1-3H3,(H,20,22)(H2,19,23,24). The third-order valence-corrected chi connectivity index (χ3v) is 4.95. The molecule has 0 aliphatic heterocycles. The lowest BCUT2D eigenvalue weighted by Crippen LogP contribution is -2.30. The van der Waals surface area contributed by atoms with Crippen LogP contribution < -0.4 is 10.5 Å². The van der Waals surface area contributed by atoms with Gasteiger partial charge in [-0.2, -0.15) is 0 Å². The zero-order chi connectivity index (χ0) is 18.6. The van der Waals surface area contributed by atoms with E-state index in [2.05, 4.69) is 5.32 Å². The number of primary sulfonamides is 1. The van der Waals surface area contributed by atoms with Crippen LogP contribution in [-0.2, 0) is 21.4 Å². The lowest BCUT2D eigenvalue weighted by Gasteiger charge is -2.18. The molecule has 2 aromatic rings. The van der Waals surface area contributed by atoms with E-state index in [-0.39, 0.29) is 17.3 Å². The van der Waals surface area contributed by atoms with Crippen molar-refractivity contribution < 1.29 is 13.2 Å². The molecule has 2 rings (SSSR count). The van der Waals surface area contributed by atoms with Gasteiger partial charge in [-0.1, -0.05) is 30.3 Å². The number of sulfonamides is 1. The summed E-state index contributed by atoms with van der Waals surface area (Å²) in [4.78, 5) is 14.1. The van der Waals surface area contributed by atoms with Crippen molar-refractivity contribution in [2.24, 2.45) is 5.14 Å². The van der Waals surface area contributed by atoms with Gasteiger partial charge in [-0.3, -0.25) is 9.69 Å². The molecule has 2 aromatic carbocycles. The molecule has 0 radical (unpaired) electrons. The highest BCUT2D eigenvalue weighted by molar-refractivity contribution is 7.89. The van der Waals surface area contributed by atoms with E-state index in [1.807, 2.05) is 43.1 Å². The number of aryl methyl sites for hydroxylation is 2. The number of nitrogens with two attached hydrogens (primary N) is 1. The van der Waals surface area contributed by atoms with Crippen LogP contribution >= 0.6 is 0 Å². The Morgan fingerprint density at radius 1 is 1.12 bits per heavy atom. The highest BCUT2D eigenvalue weighted by atomic mass is 32.2. The first-order valence-electron chi connectivity index (χ1n) is 7.83.